The Morgan fingerprint density at radius 3 is 2.78 bits per heavy atom. The van der Waals surface area contributed by atoms with Gasteiger partial charge in [0.1, 0.15) is 0 Å². The molecule has 1 aromatic rings. The lowest BCUT2D eigenvalue weighted by molar-refractivity contribution is -0.384. The number of aryl methyl sites for hydroxylation is 1. The van der Waals surface area contributed by atoms with Crippen LogP contribution in [0.2, 0.25) is 0 Å². The zero-order valence-electron chi connectivity index (χ0n) is 10.1. The Kier molecular flexibility index (Phi) is 4.98. The van der Waals surface area contributed by atoms with Gasteiger partial charge in [-0.05, 0) is 12.5 Å². The third-order valence-electron chi connectivity index (χ3n) is 2.60. The van der Waals surface area contributed by atoms with Crippen molar-refractivity contribution in [1.82, 2.24) is 4.90 Å². The van der Waals surface area contributed by atoms with Crippen molar-refractivity contribution in [2.45, 2.75) is 6.92 Å². The van der Waals surface area contributed by atoms with Gasteiger partial charge in [-0.1, -0.05) is 17.8 Å². The number of halogens is 1. The van der Waals surface area contributed by atoms with Crippen LogP contribution in [0.25, 0.3) is 0 Å². The monoisotopic (exact) mass is 287 g/mol. The van der Waals surface area contributed by atoms with E-state index in [2.05, 4.69) is 9.89 Å². The number of rotatable bonds is 2. The zero-order chi connectivity index (χ0) is 12.4. The summed E-state index contributed by atoms with van der Waals surface area (Å²) in [6.45, 7) is 2.88. The number of thioether (sulfide) groups is 1. The van der Waals surface area contributed by atoms with Gasteiger partial charge in [0.25, 0.3) is 5.69 Å². The quantitative estimate of drug-likeness (QED) is 0.620. The molecule has 0 unspecified atom stereocenters. The molecule has 0 atom stereocenters. The fourth-order valence-corrected chi connectivity index (χ4v) is 2.55. The summed E-state index contributed by atoms with van der Waals surface area (Å²) in [6, 6.07) is 4.76. The minimum Gasteiger partial charge on any atom is -0.353 e. The maximum absolute atomic E-state index is 10.7. The van der Waals surface area contributed by atoms with Crippen LogP contribution >= 0.6 is 24.2 Å². The van der Waals surface area contributed by atoms with Crippen LogP contribution in [0.4, 0.5) is 11.4 Å². The molecule has 1 aliphatic rings. The maximum atomic E-state index is 10.7. The molecule has 0 aromatic heterocycles. The summed E-state index contributed by atoms with van der Waals surface area (Å²) in [4.78, 5) is 16.9. The zero-order valence-corrected chi connectivity index (χ0v) is 11.8. The molecular formula is C11H14ClN3O2S. The van der Waals surface area contributed by atoms with E-state index in [-0.39, 0.29) is 18.1 Å². The van der Waals surface area contributed by atoms with Crippen LogP contribution in [-0.4, -0.2) is 34.3 Å². The van der Waals surface area contributed by atoms with Crippen molar-refractivity contribution in [2.75, 3.05) is 19.3 Å². The van der Waals surface area contributed by atoms with E-state index in [1.54, 1.807) is 17.8 Å². The highest BCUT2D eigenvalue weighted by Crippen LogP contribution is 2.27. The van der Waals surface area contributed by atoms with E-state index >= 15 is 0 Å². The summed E-state index contributed by atoms with van der Waals surface area (Å²) < 4.78 is 0. The van der Waals surface area contributed by atoms with Gasteiger partial charge in [0.2, 0.25) is 0 Å². The maximum Gasteiger partial charge on any atom is 0.271 e. The van der Waals surface area contributed by atoms with Crippen molar-refractivity contribution in [1.29, 1.82) is 0 Å². The van der Waals surface area contributed by atoms with Crippen LogP contribution in [0.3, 0.4) is 0 Å². The highest BCUT2D eigenvalue weighted by atomic mass is 35.5. The average Bonchev–Trinajstić information content (AvgIpc) is 2.67. The summed E-state index contributed by atoms with van der Waals surface area (Å²) >= 11 is 1.67. The Balaban J connectivity index is 0.00000162. The van der Waals surface area contributed by atoms with Crippen LogP contribution in [0.1, 0.15) is 5.56 Å². The SMILES string of the molecule is Cc1ccc([N+](=O)[O-])cc1N=C1SCCN1C.Cl. The van der Waals surface area contributed by atoms with Crippen LogP contribution in [0.15, 0.2) is 23.2 Å². The van der Waals surface area contributed by atoms with Gasteiger partial charge in [-0.15, -0.1) is 12.4 Å². The Bertz CT molecular complexity index is 493. The van der Waals surface area contributed by atoms with Crippen molar-refractivity contribution in [3.05, 3.63) is 33.9 Å². The van der Waals surface area contributed by atoms with E-state index in [0.29, 0.717) is 5.69 Å². The molecular weight excluding hydrogens is 274 g/mol. The molecule has 2 rings (SSSR count). The molecule has 0 N–H and O–H groups in total. The van der Waals surface area contributed by atoms with Crippen molar-refractivity contribution >= 4 is 40.7 Å². The molecule has 0 radical (unpaired) electrons. The van der Waals surface area contributed by atoms with E-state index < -0.39 is 4.92 Å². The van der Waals surface area contributed by atoms with E-state index in [1.165, 1.54) is 12.1 Å². The third kappa shape index (κ3) is 3.14. The first-order chi connectivity index (χ1) is 8.08. The van der Waals surface area contributed by atoms with Gasteiger partial charge < -0.3 is 4.90 Å². The first kappa shape index (κ1) is 14.8. The van der Waals surface area contributed by atoms with E-state index in [1.807, 2.05) is 14.0 Å². The van der Waals surface area contributed by atoms with Gasteiger partial charge in [0, 0.05) is 31.5 Å². The van der Waals surface area contributed by atoms with Crippen molar-refractivity contribution in [2.24, 2.45) is 4.99 Å². The summed E-state index contributed by atoms with van der Waals surface area (Å²) in [5, 5.41) is 11.6. The minimum absolute atomic E-state index is 0. The second-order valence-corrected chi connectivity index (χ2v) is 4.95. The van der Waals surface area contributed by atoms with E-state index in [0.717, 1.165) is 23.0 Å². The summed E-state index contributed by atoms with van der Waals surface area (Å²) in [6.07, 6.45) is 0. The first-order valence-electron chi connectivity index (χ1n) is 5.25. The molecule has 1 saturated heterocycles. The van der Waals surface area contributed by atoms with Crippen molar-refractivity contribution < 1.29 is 4.92 Å². The molecule has 1 heterocycles. The number of non-ortho nitro benzene ring substituents is 1. The largest absolute Gasteiger partial charge is 0.353 e. The van der Waals surface area contributed by atoms with Crippen molar-refractivity contribution in [3.63, 3.8) is 0 Å². The fourth-order valence-electron chi connectivity index (χ4n) is 1.53. The second-order valence-electron chi connectivity index (χ2n) is 3.89. The number of hydrogen-bond acceptors (Lipinski definition) is 4. The molecule has 0 aliphatic carbocycles. The summed E-state index contributed by atoms with van der Waals surface area (Å²) in [5.41, 5.74) is 1.71. The minimum atomic E-state index is -0.394. The molecule has 0 bridgehead atoms. The van der Waals surface area contributed by atoms with Crippen LogP contribution < -0.4 is 0 Å². The lowest BCUT2D eigenvalue weighted by Crippen LogP contribution is -2.17. The predicted octanol–water partition coefficient (Wildman–Crippen LogP) is 2.99. The lowest BCUT2D eigenvalue weighted by atomic mass is 10.2. The summed E-state index contributed by atoms with van der Waals surface area (Å²) in [7, 11) is 1.98. The molecule has 5 nitrogen and oxygen atoms in total. The first-order valence-corrected chi connectivity index (χ1v) is 6.24. The van der Waals surface area contributed by atoms with Gasteiger partial charge in [-0.3, -0.25) is 10.1 Å². The number of nitro benzene ring substituents is 1. The van der Waals surface area contributed by atoms with Gasteiger partial charge in [-0.25, -0.2) is 4.99 Å². The van der Waals surface area contributed by atoms with Gasteiger partial charge in [0.05, 0.1) is 10.6 Å². The fraction of sp³-hybridized carbons (Fsp3) is 0.364. The van der Waals surface area contributed by atoms with Crippen molar-refractivity contribution in [3.8, 4) is 0 Å². The smallest absolute Gasteiger partial charge is 0.271 e. The highest BCUT2D eigenvalue weighted by molar-refractivity contribution is 8.14. The van der Waals surface area contributed by atoms with Crippen LogP contribution in [0.5, 0.6) is 0 Å². The van der Waals surface area contributed by atoms with Crippen LogP contribution in [-0.2, 0) is 0 Å². The Hall–Kier alpha value is -1.27. The lowest BCUT2D eigenvalue weighted by Gasteiger charge is -2.10. The van der Waals surface area contributed by atoms with Gasteiger partial charge >= 0.3 is 0 Å². The molecule has 0 amide bonds. The molecule has 0 spiro atoms. The predicted molar refractivity (Wildman–Crippen MR) is 77.3 cm³/mol. The number of hydrogen-bond donors (Lipinski definition) is 0. The Morgan fingerprint density at radius 1 is 1.50 bits per heavy atom. The number of amidine groups is 1. The standard InChI is InChI=1S/C11H13N3O2S.ClH/c1-8-3-4-9(14(15)16)7-10(8)12-11-13(2)5-6-17-11;/h3-4,7H,5-6H2,1-2H3;1H. The molecule has 18 heavy (non-hydrogen) atoms. The second kappa shape index (κ2) is 6.06. The molecule has 0 saturated carbocycles. The average molecular weight is 288 g/mol. The van der Waals surface area contributed by atoms with Gasteiger partial charge in [0.15, 0.2) is 5.17 Å². The number of benzene rings is 1. The molecule has 1 aromatic carbocycles. The molecule has 98 valence electrons. The topological polar surface area (TPSA) is 58.7 Å². The number of nitro groups is 1. The number of nitrogens with zero attached hydrogens (tertiary/aromatic N) is 3. The normalized spacial score (nSPS) is 16.8. The Labute approximate surface area is 116 Å². The summed E-state index contributed by atoms with van der Waals surface area (Å²) in [5.74, 6) is 1.02. The Morgan fingerprint density at radius 2 is 2.22 bits per heavy atom. The van der Waals surface area contributed by atoms with Crippen LogP contribution in [0, 0.1) is 17.0 Å². The molecule has 1 aliphatic heterocycles. The molecule has 1 fully saturated rings. The van der Waals surface area contributed by atoms with E-state index in [9.17, 15) is 10.1 Å². The van der Waals surface area contributed by atoms with E-state index in [4.69, 9.17) is 0 Å². The van der Waals surface area contributed by atoms with Gasteiger partial charge in [-0.2, -0.15) is 0 Å². The third-order valence-corrected chi connectivity index (χ3v) is 3.65. The number of aliphatic imine (C=N–C) groups is 1. The highest BCUT2D eigenvalue weighted by Gasteiger charge is 2.16. The molecule has 7 heteroatoms.